The van der Waals surface area contributed by atoms with Crippen LogP contribution in [0.4, 0.5) is 5.69 Å². The Morgan fingerprint density at radius 3 is 2.67 bits per heavy atom. The van der Waals surface area contributed by atoms with Gasteiger partial charge in [-0.05, 0) is 6.07 Å². The molecule has 18 heavy (non-hydrogen) atoms. The number of rotatable bonds is 3. The summed E-state index contributed by atoms with van der Waals surface area (Å²) >= 11 is 0. The molecule has 1 heterocycles. The highest BCUT2D eigenvalue weighted by Gasteiger charge is 2.24. The van der Waals surface area contributed by atoms with Crippen LogP contribution in [0.1, 0.15) is 0 Å². The minimum Gasteiger partial charge on any atom is -0.258 e. The van der Waals surface area contributed by atoms with Crippen LogP contribution >= 0.6 is 0 Å². The highest BCUT2D eigenvalue weighted by atomic mass is 32.2. The minimum absolute atomic E-state index is 0.118. The molecule has 0 saturated heterocycles. The largest absolute Gasteiger partial charge is 0.335 e. The molecule has 8 heteroatoms. The fourth-order valence-electron chi connectivity index (χ4n) is 1.45. The summed E-state index contributed by atoms with van der Waals surface area (Å²) < 4.78 is 26.9. The topological polar surface area (TPSA) is 86.1 Å². The van der Waals surface area contributed by atoms with Crippen LogP contribution in [0.3, 0.4) is 0 Å². The fourth-order valence-corrected chi connectivity index (χ4v) is 2.70. The number of nitrogens with zero attached hydrogens (tertiary/aromatic N) is 3. The van der Waals surface area contributed by atoms with Crippen LogP contribution in [0.5, 0.6) is 0 Å². The Balaban J connectivity index is 2.54. The molecule has 0 amide bonds. The average Bonchev–Trinajstić information content (AvgIpc) is 2.77. The van der Waals surface area contributed by atoms with Crippen molar-refractivity contribution < 1.29 is 17.9 Å². The summed E-state index contributed by atoms with van der Waals surface area (Å²) in [6.07, 6.45) is 4.30. The highest BCUT2D eigenvalue weighted by molar-refractivity contribution is 7.90. The number of benzene rings is 1. The summed E-state index contributed by atoms with van der Waals surface area (Å²) in [5.74, 6) is 0. The lowest BCUT2D eigenvalue weighted by atomic mass is 10.3. The standard InChI is InChI=1S/C10H10N3O4S/c1-11-5-6-12(8-11)18(16,17)10-4-2-3-9(7-10)13(14)15/h2-8H,1H3/q+1. The number of nitro benzene ring substituents is 1. The highest BCUT2D eigenvalue weighted by Crippen LogP contribution is 2.19. The zero-order chi connectivity index (χ0) is 13.3. The Hall–Kier alpha value is -2.22. The van der Waals surface area contributed by atoms with Gasteiger partial charge in [0.25, 0.3) is 12.0 Å². The Morgan fingerprint density at radius 1 is 1.39 bits per heavy atom. The van der Waals surface area contributed by atoms with Crippen LogP contribution in [-0.4, -0.2) is 17.3 Å². The molecule has 1 aromatic heterocycles. The quantitative estimate of drug-likeness (QED) is 0.459. The monoisotopic (exact) mass is 268 g/mol. The van der Waals surface area contributed by atoms with E-state index < -0.39 is 14.9 Å². The maximum atomic E-state index is 12.1. The van der Waals surface area contributed by atoms with E-state index in [2.05, 4.69) is 0 Å². The SMILES string of the molecule is C[n+]1ccn(S(=O)(=O)c2cccc([N+](=O)[O-])c2)c1. The van der Waals surface area contributed by atoms with Crippen LogP contribution < -0.4 is 4.57 Å². The van der Waals surface area contributed by atoms with Gasteiger partial charge in [0.05, 0.1) is 12.0 Å². The molecule has 0 atom stereocenters. The summed E-state index contributed by atoms with van der Waals surface area (Å²) in [6, 6.07) is 4.95. The van der Waals surface area contributed by atoms with Crippen LogP contribution in [0.25, 0.3) is 0 Å². The number of non-ortho nitro benzene ring substituents is 1. The molecule has 0 bridgehead atoms. The zero-order valence-electron chi connectivity index (χ0n) is 9.42. The van der Waals surface area contributed by atoms with Crippen molar-refractivity contribution in [2.75, 3.05) is 0 Å². The Labute approximate surface area is 103 Å². The van der Waals surface area contributed by atoms with Crippen LogP contribution in [-0.2, 0) is 17.1 Å². The van der Waals surface area contributed by atoms with Gasteiger partial charge in [-0.2, -0.15) is 8.42 Å². The number of aromatic nitrogens is 2. The van der Waals surface area contributed by atoms with Gasteiger partial charge < -0.3 is 0 Å². The maximum absolute atomic E-state index is 12.1. The van der Waals surface area contributed by atoms with Crippen molar-refractivity contribution in [3.8, 4) is 0 Å². The van der Waals surface area contributed by atoms with Gasteiger partial charge >= 0.3 is 10.0 Å². The van der Waals surface area contributed by atoms with E-state index in [1.165, 1.54) is 30.7 Å². The second-order valence-corrected chi connectivity index (χ2v) is 5.51. The molecule has 0 saturated carbocycles. The minimum atomic E-state index is -3.78. The summed E-state index contributed by atoms with van der Waals surface area (Å²) in [5.41, 5.74) is -0.257. The van der Waals surface area contributed by atoms with E-state index in [1.54, 1.807) is 17.8 Å². The molecule has 7 nitrogen and oxygen atoms in total. The van der Waals surface area contributed by atoms with Crippen molar-refractivity contribution in [1.82, 2.24) is 3.97 Å². The van der Waals surface area contributed by atoms with Gasteiger partial charge in [-0.3, -0.25) is 10.1 Å². The predicted molar refractivity (Wildman–Crippen MR) is 61.3 cm³/mol. The molecular weight excluding hydrogens is 258 g/mol. The van der Waals surface area contributed by atoms with Gasteiger partial charge in [-0.25, -0.2) is 4.57 Å². The van der Waals surface area contributed by atoms with Gasteiger partial charge in [0.1, 0.15) is 17.3 Å². The molecule has 0 fully saturated rings. The van der Waals surface area contributed by atoms with Crippen molar-refractivity contribution in [2.45, 2.75) is 4.90 Å². The molecule has 0 N–H and O–H groups in total. The van der Waals surface area contributed by atoms with Crippen molar-refractivity contribution in [1.29, 1.82) is 0 Å². The van der Waals surface area contributed by atoms with Crippen molar-refractivity contribution in [2.24, 2.45) is 7.05 Å². The third-order valence-corrected chi connectivity index (χ3v) is 3.97. The van der Waals surface area contributed by atoms with Gasteiger partial charge in [-0.15, -0.1) is 3.97 Å². The van der Waals surface area contributed by atoms with E-state index in [1.807, 2.05) is 0 Å². The van der Waals surface area contributed by atoms with Crippen LogP contribution in [0, 0.1) is 10.1 Å². The molecule has 0 radical (unpaired) electrons. The molecule has 0 aliphatic rings. The molecule has 94 valence electrons. The zero-order valence-corrected chi connectivity index (χ0v) is 10.2. The van der Waals surface area contributed by atoms with E-state index in [0.29, 0.717) is 0 Å². The second kappa shape index (κ2) is 4.22. The predicted octanol–water partition coefficient (Wildman–Crippen LogP) is 0.458. The summed E-state index contributed by atoms with van der Waals surface area (Å²) in [4.78, 5) is 9.87. The molecular formula is C10H10N3O4S+. The number of imidazole rings is 1. The van der Waals surface area contributed by atoms with E-state index >= 15 is 0 Å². The molecule has 1 aromatic carbocycles. The number of hydrogen-bond acceptors (Lipinski definition) is 4. The first-order valence-electron chi connectivity index (χ1n) is 4.94. The van der Waals surface area contributed by atoms with Crippen LogP contribution in [0.15, 0.2) is 47.9 Å². The molecule has 0 aliphatic carbocycles. The lowest BCUT2D eigenvalue weighted by Crippen LogP contribution is -2.25. The normalized spacial score (nSPS) is 11.4. The molecule has 0 unspecified atom stereocenters. The van der Waals surface area contributed by atoms with E-state index in [4.69, 9.17) is 0 Å². The van der Waals surface area contributed by atoms with Gasteiger partial charge in [0.15, 0.2) is 0 Å². The average molecular weight is 268 g/mol. The Bertz CT molecular complexity index is 705. The van der Waals surface area contributed by atoms with Gasteiger partial charge in [-0.1, -0.05) is 6.07 Å². The molecule has 2 aromatic rings. The van der Waals surface area contributed by atoms with E-state index in [0.717, 1.165) is 10.0 Å². The van der Waals surface area contributed by atoms with Crippen molar-refractivity contribution in [3.05, 3.63) is 53.1 Å². The third-order valence-electron chi connectivity index (χ3n) is 2.35. The Morgan fingerprint density at radius 2 is 2.11 bits per heavy atom. The summed E-state index contributed by atoms with van der Waals surface area (Å²) in [7, 11) is -2.10. The smallest absolute Gasteiger partial charge is 0.258 e. The van der Waals surface area contributed by atoms with Crippen LogP contribution in [0.2, 0.25) is 0 Å². The van der Waals surface area contributed by atoms with Crippen molar-refractivity contribution in [3.63, 3.8) is 0 Å². The first-order valence-corrected chi connectivity index (χ1v) is 6.38. The number of nitro groups is 1. The third kappa shape index (κ3) is 2.09. The van der Waals surface area contributed by atoms with Gasteiger partial charge in [0.2, 0.25) is 0 Å². The van der Waals surface area contributed by atoms with E-state index in [-0.39, 0.29) is 10.6 Å². The fraction of sp³-hybridized carbons (Fsp3) is 0.100. The van der Waals surface area contributed by atoms with Gasteiger partial charge in [0, 0.05) is 12.1 Å². The number of hydrogen-bond donors (Lipinski definition) is 0. The van der Waals surface area contributed by atoms with Crippen molar-refractivity contribution >= 4 is 15.7 Å². The van der Waals surface area contributed by atoms with E-state index in [9.17, 15) is 18.5 Å². The Kier molecular flexibility index (Phi) is 2.87. The maximum Gasteiger partial charge on any atom is 0.335 e. The lowest BCUT2D eigenvalue weighted by molar-refractivity contribution is -0.670. The summed E-state index contributed by atoms with van der Waals surface area (Å²) in [6.45, 7) is 0. The number of aryl methyl sites for hydroxylation is 1. The molecule has 2 rings (SSSR count). The lowest BCUT2D eigenvalue weighted by Gasteiger charge is -1.99. The first kappa shape index (κ1) is 12.2. The second-order valence-electron chi connectivity index (χ2n) is 3.67. The molecule has 0 aliphatic heterocycles. The molecule has 0 spiro atoms. The first-order chi connectivity index (χ1) is 8.41. The summed E-state index contributed by atoms with van der Waals surface area (Å²) in [5, 5.41) is 10.6.